The van der Waals surface area contributed by atoms with Crippen LogP contribution in [-0.4, -0.2) is 5.97 Å². The Bertz CT molecular complexity index is 1130. The first kappa shape index (κ1) is 15.8. The van der Waals surface area contributed by atoms with E-state index >= 15 is 0 Å². The number of hydrogen-bond acceptors (Lipinski definition) is 4. The van der Waals surface area contributed by atoms with Crippen LogP contribution in [0.2, 0.25) is 0 Å². The van der Waals surface area contributed by atoms with Gasteiger partial charge in [0.1, 0.15) is 17.6 Å². The third kappa shape index (κ3) is 3.00. The third-order valence-electron chi connectivity index (χ3n) is 4.05. The van der Waals surface area contributed by atoms with E-state index < -0.39 is 5.97 Å². The van der Waals surface area contributed by atoms with Gasteiger partial charge >= 0.3 is 5.97 Å². The lowest BCUT2D eigenvalue weighted by Crippen LogP contribution is -2.09. The predicted molar refractivity (Wildman–Crippen MR) is 99.3 cm³/mol. The molecule has 1 heterocycles. The average Bonchev–Trinajstić information content (AvgIpc) is 2.69. The molecule has 0 N–H and O–H groups in total. The largest absolute Gasteiger partial charge is 0.463 e. The van der Waals surface area contributed by atoms with E-state index in [-0.39, 0.29) is 5.43 Å². The van der Waals surface area contributed by atoms with Gasteiger partial charge in [0, 0.05) is 6.07 Å². The Morgan fingerprint density at radius 1 is 0.846 bits per heavy atom. The van der Waals surface area contributed by atoms with Gasteiger partial charge in [-0.1, -0.05) is 48.5 Å². The number of carbonyl (C=O) groups is 1. The van der Waals surface area contributed by atoms with Crippen molar-refractivity contribution in [3.63, 3.8) is 0 Å². The topological polar surface area (TPSA) is 56.5 Å². The minimum Gasteiger partial charge on any atom is -0.463 e. The average molecular weight is 342 g/mol. The van der Waals surface area contributed by atoms with E-state index in [1.807, 2.05) is 36.4 Å². The third-order valence-corrected chi connectivity index (χ3v) is 4.05. The number of esters is 1. The van der Waals surface area contributed by atoms with Gasteiger partial charge in [0.05, 0.1) is 16.5 Å². The second-order valence-electron chi connectivity index (χ2n) is 5.76. The first-order valence-corrected chi connectivity index (χ1v) is 8.10. The number of carbonyl (C=O) groups excluding carboxylic acids is 1. The zero-order valence-electron chi connectivity index (χ0n) is 13.7. The first-order chi connectivity index (χ1) is 12.7. The van der Waals surface area contributed by atoms with Gasteiger partial charge in [0.25, 0.3) is 0 Å². The Labute approximate surface area is 149 Å². The zero-order chi connectivity index (χ0) is 17.9. The Balaban J connectivity index is 1.69. The second kappa shape index (κ2) is 6.69. The normalized spacial score (nSPS) is 10.6. The summed E-state index contributed by atoms with van der Waals surface area (Å²) in [5, 5.41) is 0.436. The molecule has 0 saturated heterocycles. The molecule has 0 aliphatic carbocycles. The molecule has 0 unspecified atom stereocenters. The molecule has 26 heavy (non-hydrogen) atoms. The predicted octanol–water partition coefficient (Wildman–Crippen LogP) is 4.68. The number of rotatable bonds is 3. The van der Waals surface area contributed by atoms with Crippen molar-refractivity contribution in [1.29, 1.82) is 0 Å². The zero-order valence-corrected chi connectivity index (χ0v) is 13.7. The fraction of sp³-hybridized carbons (Fsp3) is 0. The quantitative estimate of drug-likeness (QED) is 0.401. The maximum atomic E-state index is 12.7. The van der Waals surface area contributed by atoms with Crippen LogP contribution in [0.3, 0.4) is 0 Å². The highest BCUT2D eigenvalue weighted by molar-refractivity contribution is 5.91. The van der Waals surface area contributed by atoms with Crippen LogP contribution in [0.5, 0.6) is 5.75 Å². The van der Waals surface area contributed by atoms with Gasteiger partial charge in [-0.3, -0.25) is 4.79 Å². The molecule has 0 amide bonds. The molecule has 0 spiro atoms. The van der Waals surface area contributed by atoms with Gasteiger partial charge in [-0.2, -0.15) is 0 Å². The van der Waals surface area contributed by atoms with Crippen molar-refractivity contribution < 1.29 is 13.9 Å². The van der Waals surface area contributed by atoms with Gasteiger partial charge in [0.15, 0.2) is 5.43 Å². The number of benzene rings is 3. The van der Waals surface area contributed by atoms with Crippen LogP contribution >= 0.6 is 0 Å². The van der Waals surface area contributed by atoms with Crippen LogP contribution in [0.1, 0.15) is 10.4 Å². The minimum absolute atomic E-state index is 0.126. The molecule has 126 valence electrons. The van der Waals surface area contributed by atoms with Crippen LogP contribution in [0.15, 0.2) is 94.3 Å². The lowest BCUT2D eigenvalue weighted by atomic mass is 10.1. The molecule has 0 aliphatic heterocycles. The van der Waals surface area contributed by atoms with Crippen LogP contribution in [0, 0.1) is 0 Å². The SMILES string of the molecule is O=C(Oc1ccc2c(=O)c(-c3ccccc3)coc2c1)c1ccccc1. The summed E-state index contributed by atoms with van der Waals surface area (Å²) >= 11 is 0. The smallest absolute Gasteiger partial charge is 0.343 e. The van der Waals surface area contributed by atoms with Crippen LogP contribution in [0.4, 0.5) is 0 Å². The second-order valence-corrected chi connectivity index (χ2v) is 5.76. The van der Waals surface area contributed by atoms with Crippen molar-refractivity contribution in [2.75, 3.05) is 0 Å². The van der Waals surface area contributed by atoms with E-state index in [1.165, 1.54) is 6.26 Å². The van der Waals surface area contributed by atoms with E-state index in [2.05, 4.69) is 0 Å². The molecule has 4 rings (SSSR count). The van der Waals surface area contributed by atoms with Gasteiger partial charge in [0.2, 0.25) is 0 Å². The maximum Gasteiger partial charge on any atom is 0.343 e. The van der Waals surface area contributed by atoms with Crippen LogP contribution in [0.25, 0.3) is 22.1 Å². The van der Waals surface area contributed by atoms with E-state index in [4.69, 9.17) is 9.15 Å². The van der Waals surface area contributed by atoms with Gasteiger partial charge in [-0.15, -0.1) is 0 Å². The van der Waals surface area contributed by atoms with Gasteiger partial charge in [-0.05, 0) is 29.8 Å². The molecule has 0 radical (unpaired) electrons. The van der Waals surface area contributed by atoms with Crippen LogP contribution < -0.4 is 10.2 Å². The molecule has 0 fully saturated rings. The molecule has 1 aromatic heterocycles. The summed E-state index contributed by atoms with van der Waals surface area (Å²) in [5.74, 6) is -0.143. The summed E-state index contributed by atoms with van der Waals surface area (Å²) in [5.41, 5.74) is 1.98. The molecule has 0 aliphatic rings. The van der Waals surface area contributed by atoms with Gasteiger partial charge in [-0.25, -0.2) is 4.79 Å². The van der Waals surface area contributed by atoms with Crippen molar-refractivity contribution >= 4 is 16.9 Å². The highest BCUT2D eigenvalue weighted by atomic mass is 16.5. The summed E-state index contributed by atoms with van der Waals surface area (Å²) in [6.45, 7) is 0. The number of fused-ring (bicyclic) bond motifs is 1. The molecular weight excluding hydrogens is 328 g/mol. The summed E-state index contributed by atoms with van der Waals surface area (Å²) < 4.78 is 11.0. The van der Waals surface area contributed by atoms with Crippen LogP contribution in [-0.2, 0) is 0 Å². The lowest BCUT2D eigenvalue weighted by molar-refractivity contribution is 0.0735. The van der Waals surface area contributed by atoms with Crippen molar-refractivity contribution in [2.24, 2.45) is 0 Å². The maximum absolute atomic E-state index is 12.7. The Kier molecular flexibility index (Phi) is 4.07. The van der Waals surface area contributed by atoms with E-state index in [0.717, 1.165) is 5.56 Å². The Morgan fingerprint density at radius 2 is 1.54 bits per heavy atom. The molecule has 0 atom stereocenters. The molecule has 4 nitrogen and oxygen atoms in total. The summed E-state index contributed by atoms with van der Waals surface area (Å²) in [7, 11) is 0. The lowest BCUT2D eigenvalue weighted by Gasteiger charge is -2.06. The standard InChI is InChI=1S/C22H14O4/c23-21-18-12-11-17(26-22(24)16-9-5-2-6-10-16)13-20(18)25-14-19(21)15-7-3-1-4-8-15/h1-14H. The highest BCUT2D eigenvalue weighted by Gasteiger charge is 2.12. The fourth-order valence-corrected chi connectivity index (χ4v) is 2.73. The van der Waals surface area contributed by atoms with Crippen molar-refractivity contribution in [3.05, 3.63) is 101 Å². The van der Waals surface area contributed by atoms with Crippen molar-refractivity contribution in [2.45, 2.75) is 0 Å². The summed E-state index contributed by atoms with van der Waals surface area (Å²) in [6.07, 6.45) is 1.43. The molecule has 4 heteroatoms. The van der Waals surface area contributed by atoms with E-state index in [0.29, 0.717) is 27.8 Å². The Hall–Kier alpha value is -3.66. The molecule has 0 saturated carbocycles. The summed E-state index contributed by atoms with van der Waals surface area (Å²) in [6, 6.07) is 22.8. The van der Waals surface area contributed by atoms with Gasteiger partial charge < -0.3 is 9.15 Å². The first-order valence-electron chi connectivity index (χ1n) is 8.10. The van der Waals surface area contributed by atoms with Crippen molar-refractivity contribution in [1.82, 2.24) is 0 Å². The number of hydrogen-bond donors (Lipinski definition) is 0. The molecule has 4 aromatic rings. The molecule has 3 aromatic carbocycles. The minimum atomic E-state index is -0.465. The molecular formula is C22H14O4. The number of ether oxygens (including phenoxy) is 1. The summed E-state index contributed by atoms with van der Waals surface area (Å²) in [4.78, 5) is 24.9. The Morgan fingerprint density at radius 3 is 2.27 bits per heavy atom. The molecule has 0 bridgehead atoms. The van der Waals surface area contributed by atoms with E-state index in [1.54, 1.807) is 42.5 Å². The van der Waals surface area contributed by atoms with E-state index in [9.17, 15) is 9.59 Å². The van der Waals surface area contributed by atoms with Crippen molar-refractivity contribution in [3.8, 4) is 16.9 Å². The fourth-order valence-electron chi connectivity index (χ4n) is 2.73. The monoisotopic (exact) mass is 342 g/mol. The highest BCUT2D eigenvalue weighted by Crippen LogP contribution is 2.23.